The molecule has 0 aromatic heterocycles. The molecule has 0 N–H and O–H groups in total. The SMILES string of the molecule is COC(=O)c1ccc(OC2CCCC2)c(F)c1. The van der Waals surface area contributed by atoms with Crippen molar-refractivity contribution in [1.82, 2.24) is 0 Å². The van der Waals surface area contributed by atoms with Gasteiger partial charge < -0.3 is 9.47 Å². The van der Waals surface area contributed by atoms with Crippen LogP contribution in [-0.2, 0) is 4.74 Å². The third-order valence-corrected chi connectivity index (χ3v) is 2.95. The molecule has 4 heteroatoms. The second kappa shape index (κ2) is 5.17. The van der Waals surface area contributed by atoms with Gasteiger partial charge in [0.25, 0.3) is 0 Å². The highest BCUT2D eigenvalue weighted by Crippen LogP contribution is 2.26. The summed E-state index contributed by atoms with van der Waals surface area (Å²) in [5.41, 5.74) is 0.198. The minimum Gasteiger partial charge on any atom is -0.487 e. The zero-order chi connectivity index (χ0) is 12.3. The molecule has 17 heavy (non-hydrogen) atoms. The molecule has 1 aliphatic rings. The summed E-state index contributed by atoms with van der Waals surface area (Å²) in [5, 5.41) is 0. The van der Waals surface area contributed by atoms with Gasteiger partial charge in [-0.05, 0) is 43.9 Å². The van der Waals surface area contributed by atoms with Gasteiger partial charge in [-0.15, -0.1) is 0 Å². The number of esters is 1. The quantitative estimate of drug-likeness (QED) is 0.759. The summed E-state index contributed by atoms with van der Waals surface area (Å²) >= 11 is 0. The molecule has 3 nitrogen and oxygen atoms in total. The standard InChI is InChI=1S/C13H15FO3/c1-16-13(15)9-6-7-12(11(14)8-9)17-10-4-2-3-5-10/h6-8,10H,2-5H2,1H3. The summed E-state index contributed by atoms with van der Waals surface area (Å²) in [4.78, 5) is 11.2. The molecule has 2 rings (SSSR count). The molecule has 0 heterocycles. The second-order valence-corrected chi connectivity index (χ2v) is 4.16. The topological polar surface area (TPSA) is 35.5 Å². The number of hydrogen-bond donors (Lipinski definition) is 0. The number of ether oxygens (including phenoxy) is 2. The maximum absolute atomic E-state index is 13.7. The number of carbonyl (C=O) groups is 1. The lowest BCUT2D eigenvalue weighted by molar-refractivity contribution is 0.0600. The van der Waals surface area contributed by atoms with Crippen molar-refractivity contribution >= 4 is 5.97 Å². The number of halogens is 1. The van der Waals surface area contributed by atoms with Gasteiger partial charge in [-0.2, -0.15) is 0 Å². The third kappa shape index (κ3) is 2.75. The second-order valence-electron chi connectivity index (χ2n) is 4.16. The van der Waals surface area contributed by atoms with Crippen LogP contribution in [0.3, 0.4) is 0 Å². The van der Waals surface area contributed by atoms with E-state index in [0.717, 1.165) is 31.7 Å². The third-order valence-electron chi connectivity index (χ3n) is 2.95. The Morgan fingerprint density at radius 3 is 2.65 bits per heavy atom. The smallest absolute Gasteiger partial charge is 0.337 e. The molecular weight excluding hydrogens is 223 g/mol. The van der Waals surface area contributed by atoms with E-state index in [9.17, 15) is 9.18 Å². The van der Waals surface area contributed by atoms with Crippen molar-refractivity contribution in [3.05, 3.63) is 29.6 Å². The molecule has 0 unspecified atom stereocenters. The lowest BCUT2D eigenvalue weighted by Crippen LogP contribution is -2.12. The number of hydrogen-bond acceptors (Lipinski definition) is 3. The van der Waals surface area contributed by atoms with Gasteiger partial charge in [-0.1, -0.05) is 0 Å². The molecule has 0 aliphatic heterocycles. The predicted molar refractivity (Wildman–Crippen MR) is 60.6 cm³/mol. The Hall–Kier alpha value is -1.58. The van der Waals surface area contributed by atoms with Crippen LogP contribution in [0.5, 0.6) is 5.75 Å². The van der Waals surface area contributed by atoms with Gasteiger partial charge in [0.15, 0.2) is 11.6 Å². The van der Waals surface area contributed by atoms with Crippen molar-refractivity contribution in [3.63, 3.8) is 0 Å². The highest BCUT2D eigenvalue weighted by atomic mass is 19.1. The van der Waals surface area contributed by atoms with E-state index in [-0.39, 0.29) is 17.4 Å². The maximum atomic E-state index is 13.7. The molecule has 0 spiro atoms. The first-order valence-electron chi connectivity index (χ1n) is 5.75. The van der Waals surface area contributed by atoms with Crippen LogP contribution in [0.4, 0.5) is 4.39 Å². The minimum absolute atomic E-state index is 0.105. The van der Waals surface area contributed by atoms with Crippen molar-refractivity contribution in [3.8, 4) is 5.75 Å². The first-order valence-corrected chi connectivity index (χ1v) is 5.75. The van der Waals surface area contributed by atoms with Crippen LogP contribution < -0.4 is 4.74 Å². The van der Waals surface area contributed by atoms with Gasteiger partial charge in [0.2, 0.25) is 0 Å². The van der Waals surface area contributed by atoms with Gasteiger partial charge in [-0.3, -0.25) is 0 Å². The van der Waals surface area contributed by atoms with Crippen LogP contribution in [0.15, 0.2) is 18.2 Å². The van der Waals surface area contributed by atoms with Crippen molar-refractivity contribution in [2.24, 2.45) is 0 Å². The van der Waals surface area contributed by atoms with E-state index in [2.05, 4.69) is 4.74 Å². The number of rotatable bonds is 3. The zero-order valence-electron chi connectivity index (χ0n) is 9.74. The zero-order valence-corrected chi connectivity index (χ0v) is 9.74. The Morgan fingerprint density at radius 2 is 2.06 bits per heavy atom. The molecule has 92 valence electrons. The fourth-order valence-corrected chi connectivity index (χ4v) is 2.03. The van der Waals surface area contributed by atoms with E-state index >= 15 is 0 Å². The summed E-state index contributed by atoms with van der Waals surface area (Å²) in [5.74, 6) is -0.847. The molecule has 0 radical (unpaired) electrons. The van der Waals surface area contributed by atoms with Crippen LogP contribution in [0.25, 0.3) is 0 Å². The summed E-state index contributed by atoms with van der Waals surface area (Å²) in [6.45, 7) is 0. The molecule has 0 amide bonds. The fraction of sp³-hybridized carbons (Fsp3) is 0.462. The largest absolute Gasteiger partial charge is 0.487 e. The number of methoxy groups -OCH3 is 1. The number of carbonyl (C=O) groups excluding carboxylic acids is 1. The van der Waals surface area contributed by atoms with Crippen LogP contribution >= 0.6 is 0 Å². The van der Waals surface area contributed by atoms with Crippen molar-refractivity contribution < 1.29 is 18.7 Å². The van der Waals surface area contributed by atoms with Crippen molar-refractivity contribution in [1.29, 1.82) is 0 Å². The average Bonchev–Trinajstić information content (AvgIpc) is 2.83. The van der Waals surface area contributed by atoms with Gasteiger partial charge in [-0.25, -0.2) is 9.18 Å². The highest BCUT2D eigenvalue weighted by molar-refractivity contribution is 5.89. The fourth-order valence-electron chi connectivity index (χ4n) is 2.03. The van der Waals surface area contributed by atoms with Gasteiger partial charge in [0.1, 0.15) is 0 Å². The molecular formula is C13H15FO3. The monoisotopic (exact) mass is 238 g/mol. The Kier molecular flexibility index (Phi) is 3.61. The molecule has 1 aromatic rings. The summed E-state index contributed by atoms with van der Waals surface area (Å²) in [7, 11) is 1.27. The molecule has 0 atom stereocenters. The van der Waals surface area contributed by atoms with E-state index in [1.807, 2.05) is 0 Å². The number of benzene rings is 1. The molecule has 1 aliphatic carbocycles. The first kappa shape index (κ1) is 11.9. The van der Waals surface area contributed by atoms with Crippen LogP contribution in [0, 0.1) is 5.82 Å². The normalized spacial score (nSPS) is 15.9. The van der Waals surface area contributed by atoms with Gasteiger partial charge >= 0.3 is 5.97 Å². The van der Waals surface area contributed by atoms with E-state index in [1.165, 1.54) is 19.2 Å². The maximum Gasteiger partial charge on any atom is 0.337 e. The summed E-state index contributed by atoms with van der Waals surface area (Å²) in [6.07, 6.45) is 4.31. The Bertz CT molecular complexity index is 411. The Labute approximate surface area is 99.5 Å². The van der Waals surface area contributed by atoms with E-state index in [0.29, 0.717) is 0 Å². The molecule has 1 fully saturated rings. The van der Waals surface area contributed by atoms with Crippen molar-refractivity contribution in [2.75, 3.05) is 7.11 Å². The Balaban J connectivity index is 2.10. The van der Waals surface area contributed by atoms with Crippen LogP contribution in [0.1, 0.15) is 36.0 Å². The predicted octanol–water partition coefficient (Wildman–Crippen LogP) is 2.93. The lowest BCUT2D eigenvalue weighted by atomic mass is 10.2. The summed E-state index contributed by atoms with van der Waals surface area (Å²) < 4.78 is 23.7. The molecule has 1 saturated carbocycles. The Morgan fingerprint density at radius 1 is 1.35 bits per heavy atom. The van der Waals surface area contributed by atoms with Gasteiger partial charge in [0, 0.05) is 0 Å². The molecule has 0 saturated heterocycles. The van der Waals surface area contributed by atoms with Gasteiger partial charge in [0.05, 0.1) is 18.8 Å². The van der Waals surface area contributed by atoms with Crippen LogP contribution in [-0.4, -0.2) is 19.2 Å². The first-order chi connectivity index (χ1) is 8.20. The lowest BCUT2D eigenvalue weighted by Gasteiger charge is -2.13. The molecule has 0 bridgehead atoms. The minimum atomic E-state index is -0.545. The molecule has 1 aromatic carbocycles. The van der Waals surface area contributed by atoms with E-state index < -0.39 is 11.8 Å². The average molecular weight is 238 g/mol. The van der Waals surface area contributed by atoms with E-state index in [1.54, 1.807) is 0 Å². The highest BCUT2D eigenvalue weighted by Gasteiger charge is 2.19. The van der Waals surface area contributed by atoms with Crippen molar-refractivity contribution in [2.45, 2.75) is 31.8 Å². The van der Waals surface area contributed by atoms with E-state index in [4.69, 9.17) is 4.74 Å². The van der Waals surface area contributed by atoms with Crippen LogP contribution in [0.2, 0.25) is 0 Å². The summed E-state index contributed by atoms with van der Waals surface area (Å²) in [6, 6.07) is 4.15.